The van der Waals surface area contributed by atoms with Crippen molar-refractivity contribution in [1.82, 2.24) is 0 Å². The van der Waals surface area contributed by atoms with Gasteiger partial charge in [0.1, 0.15) is 36.1 Å². The van der Waals surface area contributed by atoms with Gasteiger partial charge in [0.25, 0.3) is 0 Å². The fraction of sp³-hybridized carbons (Fsp3) is 0.154. The number of hydrogen-bond acceptors (Lipinski definition) is 5. The lowest BCUT2D eigenvalue weighted by Crippen LogP contribution is -2.09. The number of aryl methyl sites for hydroxylation is 1. The number of carboxylic acids is 1. The van der Waals surface area contributed by atoms with Gasteiger partial charge < -0.3 is 19.0 Å². The smallest absolute Gasteiger partial charge is 0.303 e. The Morgan fingerprint density at radius 1 is 0.844 bits per heavy atom. The van der Waals surface area contributed by atoms with E-state index in [1.165, 1.54) is 6.07 Å². The highest BCUT2D eigenvalue weighted by Crippen LogP contribution is 2.25. The molecule has 162 valence electrons. The predicted octanol–water partition coefficient (Wildman–Crippen LogP) is 4.94. The van der Waals surface area contributed by atoms with Gasteiger partial charge in [-0.2, -0.15) is 0 Å². The standard InChI is InChI=1S/C26H22O6/c27-23-17-24(19-4-2-1-3-5-19)32-25-16-21(11-12-22(23)25)31-15-14-30-20-9-6-18(7-10-20)8-13-26(28)29/h1-7,9-12,16-17H,8,13-15H2,(H,28,29). The Labute approximate surface area is 184 Å². The van der Waals surface area contributed by atoms with E-state index in [0.29, 0.717) is 47.9 Å². The second-order valence-electron chi connectivity index (χ2n) is 7.23. The summed E-state index contributed by atoms with van der Waals surface area (Å²) in [4.78, 5) is 23.1. The zero-order chi connectivity index (χ0) is 22.3. The fourth-order valence-electron chi connectivity index (χ4n) is 3.29. The van der Waals surface area contributed by atoms with Crippen LogP contribution in [0.5, 0.6) is 11.5 Å². The van der Waals surface area contributed by atoms with Crippen LogP contribution in [0.15, 0.2) is 88.1 Å². The summed E-state index contributed by atoms with van der Waals surface area (Å²) < 4.78 is 17.4. The van der Waals surface area contributed by atoms with Crippen molar-refractivity contribution in [3.63, 3.8) is 0 Å². The minimum Gasteiger partial charge on any atom is -0.490 e. The molecule has 0 aliphatic carbocycles. The van der Waals surface area contributed by atoms with Gasteiger partial charge in [-0.15, -0.1) is 0 Å². The van der Waals surface area contributed by atoms with Gasteiger partial charge in [-0.05, 0) is 36.2 Å². The summed E-state index contributed by atoms with van der Waals surface area (Å²) >= 11 is 0. The quantitative estimate of drug-likeness (QED) is 0.379. The molecule has 0 unspecified atom stereocenters. The highest BCUT2D eigenvalue weighted by Gasteiger charge is 2.08. The molecule has 0 aliphatic rings. The number of fused-ring (bicyclic) bond motifs is 1. The van der Waals surface area contributed by atoms with Crippen LogP contribution in [0.3, 0.4) is 0 Å². The first-order valence-corrected chi connectivity index (χ1v) is 10.3. The third-order valence-corrected chi connectivity index (χ3v) is 4.93. The normalized spacial score (nSPS) is 10.8. The van der Waals surface area contributed by atoms with Crippen molar-refractivity contribution in [1.29, 1.82) is 0 Å². The largest absolute Gasteiger partial charge is 0.490 e. The number of hydrogen-bond donors (Lipinski definition) is 1. The zero-order valence-corrected chi connectivity index (χ0v) is 17.3. The van der Waals surface area contributed by atoms with Crippen molar-refractivity contribution in [3.8, 4) is 22.8 Å². The molecule has 0 aliphatic heterocycles. The molecule has 1 heterocycles. The van der Waals surface area contributed by atoms with Gasteiger partial charge in [0.15, 0.2) is 5.43 Å². The Balaban J connectivity index is 1.36. The summed E-state index contributed by atoms with van der Waals surface area (Å²) in [5.41, 5.74) is 2.14. The lowest BCUT2D eigenvalue weighted by Gasteiger charge is -2.10. The van der Waals surface area contributed by atoms with Crippen molar-refractivity contribution in [2.24, 2.45) is 0 Å². The zero-order valence-electron chi connectivity index (χ0n) is 17.3. The second-order valence-corrected chi connectivity index (χ2v) is 7.23. The summed E-state index contributed by atoms with van der Waals surface area (Å²) in [7, 11) is 0. The average molecular weight is 430 g/mol. The molecular formula is C26H22O6. The Bertz CT molecular complexity index is 1260. The molecule has 0 saturated carbocycles. The molecule has 32 heavy (non-hydrogen) atoms. The topological polar surface area (TPSA) is 86.0 Å². The van der Waals surface area contributed by atoms with Gasteiger partial charge in [0.2, 0.25) is 0 Å². The molecule has 0 spiro atoms. The van der Waals surface area contributed by atoms with E-state index in [2.05, 4.69) is 0 Å². The molecular weight excluding hydrogens is 408 g/mol. The highest BCUT2D eigenvalue weighted by molar-refractivity contribution is 5.80. The fourth-order valence-corrected chi connectivity index (χ4v) is 3.29. The van der Waals surface area contributed by atoms with Crippen LogP contribution >= 0.6 is 0 Å². The molecule has 3 aromatic carbocycles. The van der Waals surface area contributed by atoms with E-state index in [-0.39, 0.29) is 11.8 Å². The van der Waals surface area contributed by atoms with E-state index in [4.69, 9.17) is 19.0 Å². The number of rotatable bonds is 9. The van der Waals surface area contributed by atoms with E-state index >= 15 is 0 Å². The maximum Gasteiger partial charge on any atom is 0.303 e. The Hall–Kier alpha value is -4.06. The van der Waals surface area contributed by atoms with Crippen molar-refractivity contribution in [2.75, 3.05) is 13.2 Å². The first-order valence-electron chi connectivity index (χ1n) is 10.3. The monoisotopic (exact) mass is 430 g/mol. The summed E-state index contributed by atoms with van der Waals surface area (Å²) in [6, 6.07) is 23.4. The Kier molecular flexibility index (Phi) is 6.51. The third kappa shape index (κ3) is 5.35. The van der Waals surface area contributed by atoms with Crippen LogP contribution < -0.4 is 14.9 Å². The molecule has 0 amide bonds. The molecule has 6 nitrogen and oxygen atoms in total. The summed E-state index contributed by atoms with van der Waals surface area (Å²) in [6.07, 6.45) is 0.593. The maximum absolute atomic E-state index is 12.4. The third-order valence-electron chi connectivity index (χ3n) is 4.93. The van der Waals surface area contributed by atoms with Gasteiger partial charge in [-0.25, -0.2) is 0 Å². The molecule has 1 aromatic heterocycles. The molecule has 0 radical (unpaired) electrons. The number of carboxylic acid groups (broad SMARTS) is 1. The number of benzene rings is 3. The SMILES string of the molecule is O=C(O)CCc1ccc(OCCOc2ccc3c(=O)cc(-c4ccccc4)oc3c2)cc1. The van der Waals surface area contributed by atoms with Crippen molar-refractivity contribution in [2.45, 2.75) is 12.8 Å². The molecule has 4 aromatic rings. The molecule has 0 atom stereocenters. The van der Waals surface area contributed by atoms with E-state index in [0.717, 1.165) is 11.1 Å². The lowest BCUT2D eigenvalue weighted by molar-refractivity contribution is -0.136. The van der Waals surface area contributed by atoms with E-state index in [1.807, 2.05) is 54.6 Å². The molecule has 0 saturated heterocycles. The average Bonchev–Trinajstić information content (AvgIpc) is 2.81. The van der Waals surface area contributed by atoms with Gasteiger partial charge in [-0.3, -0.25) is 9.59 Å². The van der Waals surface area contributed by atoms with Crippen LogP contribution in [0.4, 0.5) is 0 Å². The lowest BCUT2D eigenvalue weighted by atomic mass is 10.1. The molecule has 0 bridgehead atoms. The van der Waals surface area contributed by atoms with Crippen LogP contribution in [-0.2, 0) is 11.2 Å². The first-order chi connectivity index (χ1) is 15.6. The second kappa shape index (κ2) is 9.83. The minimum absolute atomic E-state index is 0.104. The van der Waals surface area contributed by atoms with Gasteiger partial charge in [0.05, 0.1) is 5.39 Å². The van der Waals surface area contributed by atoms with E-state index < -0.39 is 5.97 Å². The summed E-state index contributed by atoms with van der Waals surface area (Å²) in [5, 5.41) is 9.24. The van der Waals surface area contributed by atoms with Crippen LogP contribution in [0.2, 0.25) is 0 Å². The van der Waals surface area contributed by atoms with Gasteiger partial charge >= 0.3 is 5.97 Å². The molecule has 0 fully saturated rings. The minimum atomic E-state index is -0.813. The van der Waals surface area contributed by atoms with Crippen LogP contribution in [-0.4, -0.2) is 24.3 Å². The van der Waals surface area contributed by atoms with E-state index in [1.54, 1.807) is 18.2 Å². The van der Waals surface area contributed by atoms with Gasteiger partial charge in [0, 0.05) is 24.1 Å². The number of ether oxygens (including phenoxy) is 2. The Morgan fingerprint density at radius 2 is 1.53 bits per heavy atom. The summed E-state index contributed by atoms with van der Waals surface area (Å²) in [6.45, 7) is 0.648. The molecule has 4 rings (SSSR count). The molecule has 1 N–H and O–H groups in total. The maximum atomic E-state index is 12.4. The van der Waals surface area contributed by atoms with Crippen molar-refractivity contribution in [3.05, 3.63) is 94.6 Å². The van der Waals surface area contributed by atoms with Crippen molar-refractivity contribution < 1.29 is 23.8 Å². The van der Waals surface area contributed by atoms with Crippen molar-refractivity contribution >= 4 is 16.9 Å². The van der Waals surface area contributed by atoms with Crippen LogP contribution in [0, 0.1) is 0 Å². The predicted molar refractivity (Wildman–Crippen MR) is 121 cm³/mol. The Morgan fingerprint density at radius 3 is 2.25 bits per heavy atom. The summed E-state index contributed by atoms with van der Waals surface area (Å²) in [5.74, 6) is 0.963. The van der Waals surface area contributed by atoms with Crippen LogP contribution in [0.25, 0.3) is 22.3 Å². The van der Waals surface area contributed by atoms with Gasteiger partial charge in [-0.1, -0.05) is 42.5 Å². The first kappa shape index (κ1) is 21.2. The number of aliphatic carboxylic acids is 1. The van der Waals surface area contributed by atoms with Crippen LogP contribution in [0.1, 0.15) is 12.0 Å². The highest BCUT2D eigenvalue weighted by atomic mass is 16.5. The number of carbonyl (C=O) groups is 1. The van der Waals surface area contributed by atoms with E-state index in [9.17, 15) is 9.59 Å². The molecule has 6 heteroatoms.